The summed E-state index contributed by atoms with van der Waals surface area (Å²) in [4.78, 5) is 20.4. The van der Waals surface area contributed by atoms with Crippen molar-refractivity contribution in [3.05, 3.63) is 192 Å². The summed E-state index contributed by atoms with van der Waals surface area (Å²) in [5.74, 6) is 0. The fraction of sp³-hybridized carbons (Fsp3) is 0.0204. The standard InChI is InChI=1S/C49H28N6/c1-3-15-39-33(11-1)34-12-2-4-16-40(34)49(39,29-21-23-31-35-13-9-25-50-45(35)54-43-19-7-5-17-41(43)52-47(54)37(31)27-29)30-22-24-32-36-14-10-26-51-46(36)55-44-20-8-6-18-42(44)53-48(55)38(32)28-30/h1-28H. The molecule has 6 nitrogen and oxygen atoms in total. The topological polar surface area (TPSA) is 60.4 Å². The lowest BCUT2D eigenvalue weighted by atomic mass is 9.67. The van der Waals surface area contributed by atoms with E-state index >= 15 is 0 Å². The largest absolute Gasteiger partial charge is 0.276 e. The summed E-state index contributed by atoms with van der Waals surface area (Å²) in [6, 6.07) is 57.0. The number of nitrogens with zero attached hydrogens (tertiary/aromatic N) is 6. The smallest absolute Gasteiger partial charge is 0.147 e. The molecule has 6 heteroatoms. The SMILES string of the molecule is c1ccc2c(c1)-c1ccccc1C2(c1ccc2c3cccnc3n3c4ccccc4nc3c2c1)c1ccc2c3cccnc3n3c4ccccc4nc3c2c1. The highest BCUT2D eigenvalue weighted by Crippen LogP contribution is 2.57. The molecule has 0 fully saturated rings. The van der Waals surface area contributed by atoms with Gasteiger partial charge < -0.3 is 0 Å². The van der Waals surface area contributed by atoms with Gasteiger partial charge in [0, 0.05) is 33.9 Å². The molecule has 0 radical (unpaired) electrons. The lowest BCUT2D eigenvalue weighted by molar-refractivity contribution is 0.771. The van der Waals surface area contributed by atoms with E-state index in [1.807, 2.05) is 24.5 Å². The van der Waals surface area contributed by atoms with Gasteiger partial charge in [0.25, 0.3) is 0 Å². The maximum absolute atomic E-state index is 5.28. The van der Waals surface area contributed by atoms with Gasteiger partial charge in [0.2, 0.25) is 0 Å². The minimum atomic E-state index is -0.643. The summed E-state index contributed by atoms with van der Waals surface area (Å²) < 4.78 is 4.46. The first-order chi connectivity index (χ1) is 27.3. The molecule has 55 heavy (non-hydrogen) atoms. The molecule has 12 aromatic rings. The van der Waals surface area contributed by atoms with Gasteiger partial charge in [-0.15, -0.1) is 0 Å². The van der Waals surface area contributed by atoms with Gasteiger partial charge in [0.1, 0.15) is 22.6 Å². The Hall–Kier alpha value is -7.44. The van der Waals surface area contributed by atoms with E-state index in [9.17, 15) is 0 Å². The zero-order valence-corrected chi connectivity index (χ0v) is 29.3. The summed E-state index contributed by atoms with van der Waals surface area (Å²) in [6.45, 7) is 0. The van der Waals surface area contributed by atoms with Crippen molar-refractivity contribution in [2.24, 2.45) is 0 Å². The molecular formula is C49H28N6. The van der Waals surface area contributed by atoms with Crippen LogP contribution in [-0.2, 0) is 5.41 Å². The molecule has 0 unspecified atom stereocenters. The van der Waals surface area contributed by atoms with Gasteiger partial charge in [0.15, 0.2) is 0 Å². The summed E-state index contributed by atoms with van der Waals surface area (Å²) in [5.41, 5.74) is 14.4. The van der Waals surface area contributed by atoms with Crippen LogP contribution < -0.4 is 0 Å². The normalized spacial score (nSPS) is 13.6. The number of imidazole rings is 2. The van der Waals surface area contributed by atoms with E-state index in [2.05, 4.69) is 154 Å². The van der Waals surface area contributed by atoms with Crippen LogP contribution in [0.3, 0.4) is 0 Å². The van der Waals surface area contributed by atoms with Gasteiger partial charge in [-0.3, -0.25) is 8.80 Å². The third kappa shape index (κ3) is 3.59. The lowest BCUT2D eigenvalue weighted by Gasteiger charge is -2.34. The number of hydrogen-bond donors (Lipinski definition) is 0. The predicted molar refractivity (Wildman–Crippen MR) is 222 cm³/mol. The molecule has 0 bridgehead atoms. The Bertz CT molecular complexity index is 3390. The van der Waals surface area contributed by atoms with Crippen LogP contribution in [0, 0.1) is 0 Å². The zero-order chi connectivity index (χ0) is 35.8. The van der Waals surface area contributed by atoms with E-state index in [0.29, 0.717) is 0 Å². The Labute approximate surface area is 313 Å². The van der Waals surface area contributed by atoms with Crippen LogP contribution >= 0.6 is 0 Å². The number of aromatic nitrogens is 6. The molecular weight excluding hydrogens is 673 g/mol. The van der Waals surface area contributed by atoms with Crippen molar-refractivity contribution < 1.29 is 0 Å². The molecule has 254 valence electrons. The maximum Gasteiger partial charge on any atom is 0.147 e. The van der Waals surface area contributed by atoms with E-state index in [0.717, 1.165) is 77.0 Å². The molecule has 0 spiro atoms. The Balaban J connectivity index is 1.21. The molecule has 0 N–H and O–H groups in total. The lowest BCUT2D eigenvalue weighted by Crippen LogP contribution is -2.28. The van der Waals surface area contributed by atoms with Crippen LogP contribution in [0.25, 0.3) is 88.1 Å². The van der Waals surface area contributed by atoms with E-state index in [1.54, 1.807) is 0 Å². The molecule has 0 saturated carbocycles. The van der Waals surface area contributed by atoms with E-state index < -0.39 is 5.41 Å². The van der Waals surface area contributed by atoms with E-state index in [4.69, 9.17) is 19.9 Å². The van der Waals surface area contributed by atoms with Gasteiger partial charge in [0.05, 0.1) is 27.5 Å². The molecule has 0 atom stereocenters. The Morgan fingerprint density at radius 2 is 0.818 bits per heavy atom. The quantitative estimate of drug-likeness (QED) is 0.168. The predicted octanol–water partition coefficient (Wildman–Crippen LogP) is 11.1. The molecule has 0 aliphatic heterocycles. The van der Waals surface area contributed by atoms with Crippen molar-refractivity contribution in [3.63, 3.8) is 0 Å². The Morgan fingerprint density at radius 3 is 1.33 bits per heavy atom. The minimum Gasteiger partial charge on any atom is -0.276 e. The minimum absolute atomic E-state index is 0.643. The molecule has 1 aliphatic rings. The second kappa shape index (κ2) is 10.4. The van der Waals surface area contributed by atoms with Crippen molar-refractivity contribution in [1.29, 1.82) is 0 Å². The summed E-state index contributed by atoms with van der Waals surface area (Å²) in [6.07, 6.45) is 3.74. The van der Waals surface area contributed by atoms with Crippen LogP contribution in [0.1, 0.15) is 22.3 Å². The van der Waals surface area contributed by atoms with Gasteiger partial charge in [-0.1, -0.05) is 97.1 Å². The highest BCUT2D eigenvalue weighted by molar-refractivity contribution is 6.15. The van der Waals surface area contributed by atoms with Crippen LogP contribution in [0.2, 0.25) is 0 Å². The van der Waals surface area contributed by atoms with Crippen LogP contribution in [0.15, 0.2) is 170 Å². The molecule has 1 aliphatic carbocycles. The van der Waals surface area contributed by atoms with Crippen molar-refractivity contribution in [2.75, 3.05) is 0 Å². The average molecular weight is 701 g/mol. The fourth-order valence-electron chi connectivity index (χ4n) is 9.83. The fourth-order valence-corrected chi connectivity index (χ4v) is 9.83. The Morgan fingerprint density at radius 1 is 0.364 bits per heavy atom. The van der Waals surface area contributed by atoms with E-state index in [-0.39, 0.29) is 0 Å². The van der Waals surface area contributed by atoms with Gasteiger partial charge in [-0.2, -0.15) is 0 Å². The number of benzene rings is 6. The second-order valence-corrected chi connectivity index (χ2v) is 14.6. The number of para-hydroxylation sites is 4. The van der Waals surface area contributed by atoms with Crippen molar-refractivity contribution in [1.82, 2.24) is 28.7 Å². The number of fused-ring (bicyclic) bond motifs is 19. The second-order valence-electron chi connectivity index (χ2n) is 14.6. The van der Waals surface area contributed by atoms with Crippen LogP contribution in [0.5, 0.6) is 0 Å². The molecule has 6 heterocycles. The van der Waals surface area contributed by atoms with Gasteiger partial charge >= 0.3 is 0 Å². The summed E-state index contributed by atoms with van der Waals surface area (Å²) in [5, 5.41) is 6.65. The molecule has 0 amide bonds. The Kier molecular flexibility index (Phi) is 5.48. The monoisotopic (exact) mass is 700 g/mol. The zero-order valence-electron chi connectivity index (χ0n) is 29.3. The highest BCUT2D eigenvalue weighted by Gasteiger charge is 2.46. The van der Waals surface area contributed by atoms with Gasteiger partial charge in [-0.05, 0) is 105 Å². The van der Waals surface area contributed by atoms with Crippen molar-refractivity contribution >= 4 is 77.0 Å². The summed E-state index contributed by atoms with van der Waals surface area (Å²) >= 11 is 0. The molecule has 13 rings (SSSR count). The first-order valence-corrected chi connectivity index (χ1v) is 18.6. The van der Waals surface area contributed by atoms with Crippen LogP contribution in [-0.4, -0.2) is 28.7 Å². The van der Waals surface area contributed by atoms with Gasteiger partial charge in [-0.25, -0.2) is 19.9 Å². The number of hydrogen-bond acceptors (Lipinski definition) is 4. The summed E-state index contributed by atoms with van der Waals surface area (Å²) in [7, 11) is 0. The third-order valence-corrected chi connectivity index (χ3v) is 12.0. The first-order valence-electron chi connectivity index (χ1n) is 18.6. The average Bonchev–Trinajstić information content (AvgIpc) is 3.93. The molecule has 6 aromatic carbocycles. The van der Waals surface area contributed by atoms with Crippen molar-refractivity contribution in [3.8, 4) is 11.1 Å². The maximum atomic E-state index is 5.28. The van der Waals surface area contributed by atoms with E-state index in [1.165, 1.54) is 33.4 Å². The molecule has 0 saturated heterocycles. The van der Waals surface area contributed by atoms with Crippen LogP contribution in [0.4, 0.5) is 0 Å². The first kappa shape index (κ1) is 29.1. The van der Waals surface area contributed by atoms with Crippen molar-refractivity contribution in [2.45, 2.75) is 5.41 Å². The third-order valence-electron chi connectivity index (χ3n) is 12.0. The number of pyridine rings is 4. The number of rotatable bonds is 2. The molecule has 6 aromatic heterocycles. The highest BCUT2D eigenvalue weighted by atomic mass is 15.1.